The Labute approximate surface area is 118 Å². The van der Waals surface area contributed by atoms with Gasteiger partial charge in [0, 0.05) is 12.0 Å². The molecule has 3 atom stereocenters. The Balaban J connectivity index is 2.08. The van der Waals surface area contributed by atoms with Crippen molar-refractivity contribution in [2.75, 3.05) is 6.61 Å². The second kappa shape index (κ2) is 6.01. The van der Waals surface area contributed by atoms with E-state index in [1.807, 2.05) is 6.07 Å². The van der Waals surface area contributed by atoms with Crippen LogP contribution in [-0.2, 0) is 9.47 Å². The molecular formula is C15H20O5. The van der Waals surface area contributed by atoms with Gasteiger partial charge in [-0.2, -0.15) is 0 Å². The third kappa shape index (κ3) is 3.43. The number of hydrogen-bond donors (Lipinski definition) is 2. The predicted octanol–water partition coefficient (Wildman–Crippen LogP) is 1.13. The maximum Gasteiger partial charge on any atom is 0.165 e. The highest BCUT2D eigenvalue weighted by molar-refractivity contribution is 5.96. The fourth-order valence-electron chi connectivity index (χ4n) is 2.38. The number of aliphatic hydroxyl groups excluding tert-OH is 2. The van der Waals surface area contributed by atoms with Crippen molar-refractivity contribution in [3.05, 3.63) is 35.9 Å². The number of rotatable bonds is 5. The van der Waals surface area contributed by atoms with Crippen molar-refractivity contribution in [3.63, 3.8) is 0 Å². The van der Waals surface area contributed by atoms with E-state index in [2.05, 4.69) is 0 Å². The molecule has 1 heterocycles. The highest BCUT2D eigenvalue weighted by Gasteiger charge is 2.45. The van der Waals surface area contributed by atoms with Crippen molar-refractivity contribution in [3.8, 4) is 0 Å². The summed E-state index contributed by atoms with van der Waals surface area (Å²) in [6.45, 7) is 3.01. The van der Waals surface area contributed by atoms with E-state index in [0.717, 1.165) is 0 Å². The topological polar surface area (TPSA) is 76.0 Å². The number of Topliss-reactive ketones (excluding diaryl/α,β-unsaturated/α-hetero) is 1. The Kier molecular flexibility index (Phi) is 4.55. The number of ketones is 1. The quantitative estimate of drug-likeness (QED) is 0.791. The summed E-state index contributed by atoms with van der Waals surface area (Å²) >= 11 is 0. The lowest BCUT2D eigenvalue weighted by atomic mass is 9.99. The Hall–Kier alpha value is -1.27. The first-order valence-corrected chi connectivity index (χ1v) is 6.66. The maximum absolute atomic E-state index is 12.2. The first-order chi connectivity index (χ1) is 9.43. The van der Waals surface area contributed by atoms with Gasteiger partial charge in [-0.15, -0.1) is 0 Å². The molecule has 1 aromatic rings. The first kappa shape index (κ1) is 15.1. The van der Waals surface area contributed by atoms with Crippen molar-refractivity contribution in [2.24, 2.45) is 0 Å². The lowest BCUT2D eigenvalue weighted by Gasteiger charge is -2.20. The van der Waals surface area contributed by atoms with Crippen molar-refractivity contribution in [1.29, 1.82) is 0 Å². The second-order valence-electron chi connectivity index (χ2n) is 5.38. The summed E-state index contributed by atoms with van der Waals surface area (Å²) in [5, 5.41) is 18.8. The smallest absolute Gasteiger partial charge is 0.165 e. The summed E-state index contributed by atoms with van der Waals surface area (Å²) in [4.78, 5) is 12.2. The molecule has 1 aromatic carbocycles. The van der Waals surface area contributed by atoms with Crippen LogP contribution in [0.4, 0.5) is 0 Å². The highest BCUT2D eigenvalue weighted by atomic mass is 16.8. The number of carbonyl (C=O) groups excluding carboxylic acids is 1. The minimum atomic E-state index is -1.06. The van der Waals surface area contributed by atoms with E-state index in [1.54, 1.807) is 38.1 Å². The summed E-state index contributed by atoms with van der Waals surface area (Å²) in [6.07, 6.45) is -2.23. The van der Waals surface area contributed by atoms with Crippen molar-refractivity contribution in [2.45, 2.75) is 44.4 Å². The number of ether oxygens (including phenoxy) is 2. The van der Waals surface area contributed by atoms with E-state index in [-0.39, 0.29) is 12.2 Å². The summed E-state index contributed by atoms with van der Waals surface area (Å²) in [5.41, 5.74) is 0.595. The molecule has 1 aliphatic rings. The van der Waals surface area contributed by atoms with Gasteiger partial charge >= 0.3 is 0 Å². The van der Waals surface area contributed by atoms with Crippen LogP contribution in [0.15, 0.2) is 30.3 Å². The van der Waals surface area contributed by atoms with Gasteiger partial charge in [-0.25, -0.2) is 0 Å². The zero-order valence-corrected chi connectivity index (χ0v) is 11.7. The maximum atomic E-state index is 12.2. The molecule has 5 heteroatoms. The van der Waals surface area contributed by atoms with Gasteiger partial charge in [-0.1, -0.05) is 30.3 Å². The fraction of sp³-hybridized carbons (Fsp3) is 0.533. The second-order valence-corrected chi connectivity index (χ2v) is 5.38. The first-order valence-electron chi connectivity index (χ1n) is 6.66. The molecule has 1 fully saturated rings. The van der Waals surface area contributed by atoms with Crippen molar-refractivity contribution >= 4 is 5.78 Å². The van der Waals surface area contributed by atoms with Gasteiger partial charge in [-0.05, 0) is 13.8 Å². The van der Waals surface area contributed by atoms with Crippen LogP contribution in [0.25, 0.3) is 0 Å². The summed E-state index contributed by atoms with van der Waals surface area (Å²) in [5.74, 6) is -0.949. The van der Waals surface area contributed by atoms with E-state index in [1.165, 1.54) is 0 Å². The van der Waals surface area contributed by atoms with Crippen LogP contribution in [-0.4, -0.2) is 46.7 Å². The summed E-state index contributed by atoms with van der Waals surface area (Å²) in [6, 6.07) is 8.90. The van der Waals surface area contributed by atoms with Crippen LogP contribution in [0.2, 0.25) is 0 Å². The van der Waals surface area contributed by atoms with Crippen LogP contribution in [0, 0.1) is 0 Å². The van der Waals surface area contributed by atoms with Gasteiger partial charge in [0.25, 0.3) is 0 Å². The zero-order chi connectivity index (χ0) is 14.8. The van der Waals surface area contributed by atoms with Crippen molar-refractivity contribution < 1.29 is 24.5 Å². The number of benzene rings is 1. The van der Waals surface area contributed by atoms with Gasteiger partial charge in [-0.3, -0.25) is 4.79 Å². The van der Waals surface area contributed by atoms with E-state index in [0.29, 0.717) is 5.56 Å². The molecule has 1 aliphatic heterocycles. The van der Waals surface area contributed by atoms with Crippen LogP contribution < -0.4 is 0 Å². The standard InChI is InChI=1S/C15H20O5/c1-15(2)19-13(14(20-15)12(18)9-16)8-11(17)10-6-4-3-5-7-10/h3-7,12-14,16,18H,8-9H2,1-2H3. The number of hydrogen-bond acceptors (Lipinski definition) is 5. The van der Waals surface area contributed by atoms with Gasteiger partial charge in [0.15, 0.2) is 11.6 Å². The Morgan fingerprint density at radius 2 is 1.95 bits per heavy atom. The Morgan fingerprint density at radius 1 is 1.30 bits per heavy atom. The number of aliphatic hydroxyl groups is 2. The molecule has 0 bridgehead atoms. The SMILES string of the molecule is CC1(C)OC(CC(=O)c2ccccc2)C(C(O)CO)O1. The Morgan fingerprint density at radius 3 is 2.55 bits per heavy atom. The molecule has 0 aliphatic carbocycles. The van der Waals surface area contributed by atoms with E-state index >= 15 is 0 Å². The van der Waals surface area contributed by atoms with Crippen LogP contribution >= 0.6 is 0 Å². The third-order valence-electron chi connectivity index (χ3n) is 3.27. The molecule has 1 saturated heterocycles. The lowest BCUT2D eigenvalue weighted by Crippen LogP contribution is -2.38. The summed E-state index contributed by atoms with van der Waals surface area (Å²) < 4.78 is 11.2. The fourth-order valence-corrected chi connectivity index (χ4v) is 2.38. The molecule has 0 amide bonds. The lowest BCUT2D eigenvalue weighted by molar-refractivity contribution is -0.157. The highest BCUT2D eigenvalue weighted by Crippen LogP contribution is 2.32. The molecule has 0 aromatic heterocycles. The predicted molar refractivity (Wildman–Crippen MR) is 72.3 cm³/mol. The van der Waals surface area contributed by atoms with Crippen LogP contribution in [0.5, 0.6) is 0 Å². The minimum Gasteiger partial charge on any atom is -0.394 e. The van der Waals surface area contributed by atoms with Gasteiger partial charge in [0.2, 0.25) is 0 Å². The molecule has 110 valence electrons. The molecule has 20 heavy (non-hydrogen) atoms. The van der Waals surface area contributed by atoms with Gasteiger partial charge < -0.3 is 19.7 Å². The van der Waals surface area contributed by atoms with Crippen molar-refractivity contribution in [1.82, 2.24) is 0 Å². The minimum absolute atomic E-state index is 0.0768. The van der Waals surface area contributed by atoms with Gasteiger partial charge in [0.05, 0.1) is 12.7 Å². The molecule has 3 unspecified atom stereocenters. The molecule has 5 nitrogen and oxygen atoms in total. The molecule has 0 spiro atoms. The van der Waals surface area contributed by atoms with E-state index < -0.39 is 30.7 Å². The van der Waals surface area contributed by atoms with Gasteiger partial charge in [0.1, 0.15) is 12.2 Å². The average molecular weight is 280 g/mol. The van der Waals surface area contributed by atoms with E-state index in [4.69, 9.17) is 14.6 Å². The molecule has 2 N–H and O–H groups in total. The molecule has 2 rings (SSSR count). The number of carbonyl (C=O) groups is 1. The monoisotopic (exact) mass is 280 g/mol. The van der Waals surface area contributed by atoms with Crippen LogP contribution in [0.3, 0.4) is 0 Å². The molecular weight excluding hydrogens is 260 g/mol. The Bertz CT molecular complexity index is 457. The van der Waals surface area contributed by atoms with E-state index in [9.17, 15) is 9.90 Å². The molecule has 0 saturated carbocycles. The molecule has 0 radical (unpaired) electrons. The largest absolute Gasteiger partial charge is 0.394 e. The normalized spacial score (nSPS) is 26.4. The zero-order valence-electron chi connectivity index (χ0n) is 11.7. The summed E-state index contributed by atoms with van der Waals surface area (Å²) in [7, 11) is 0. The third-order valence-corrected chi connectivity index (χ3v) is 3.27. The average Bonchev–Trinajstić information content (AvgIpc) is 2.73. The van der Waals surface area contributed by atoms with Crippen LogP contribution in [0.1, 0.15) is 30.6 Å².